The fourth-order valence-electron chi connectivity index (χ4n) is 1.58. The van der Waals surface area contributed by atoms with E-state index in [2.05, 4.69) is 4.98 Å². The van der Waals surface area contributed by atoms with Crippen LogP contribution in [0.5, 0.6) is 11.6 Å². The minimum Gasteiger partial charge on any atom is -0.439 e. The summed E-state index contributed by atoms with van der Waals surface area (Å²) in [6.45, 7) is 2.59. The molecule has 0 amide bonds. The number of aromatic nitrogens is 1. The number of rotatable bonds is 4. The number of pyridine rings is 1. The lowest BCUT2D eigenvalue weighted by Crippen LogP contribution is -2.02. The second kappa shape index (κ2) is 5.85. The Morgan fingerprint density at radius 2 is 2.11 bits per heavy atom. The highest BCUT2D eigenvalue weighted by atomic mass is 35.5. The first kappa shape index (κ1) is 12.9. The van der Waals surface area contributed by atoms with Gasteiger partial charge in [-0.15, -0.1) is 0 Å². The van der Waals surface area contributed by atoms with Crippen LogP contribution in [0.1, 0.15) is 11.1 Å². The summed E-state index contributed by atoms with van der Waals surface area (Å²) < 4.78 is 5.70. The zero-order chi connectivity index (χ0) is 13.0. The van der Waals surface area contributed by atoms with Gasteiger partial charge in [0.05, 0.1) is 0 Å². The minimum atomic E-state index is 0.557. The van der Waals surface area contributed by atoms with Crippen molar-refractivity contribution in [1.82, 2.24) is 4.98 Å². The van der Waals surface area contributed by atoms with Crippen LogP contribution in [0, 0.1) is 6.92 Å². The van der Waals surface area contributed by atoms with Gasteiger partial charge in [0.1, 0.15) is 5.75 Å². The van der Waals surface area contributed by atoms with Crippen LogP contribution in [0.2, 0.25) is 5.02 Å². The minimum absolute atomic E-state index is 0.557. The van der Waals surface area contributed by atoms with Crippen LogP contribution in [-0.4, -0.2) is 11.5 Å². The molecule has 2 rings (SSSR count). The monoisotopic (exact) mass is 262 g/mol. The Morgan fingerprint density at radius 3 is 2.78 bits per heavy atom. The van der Waals surface area contributed by atoms with Crippen molar-refractivity contribution in [1.29, 1.82) is 0 Å². The number of nitrogens with two attached hydrogens (primary N) is 1. The first-order chi connectivity index (χ1) is 8.69. The highest BCUT2D eigenvalue weighted by Gasteiger charge is 2.03. The molecule has 0 bridgehead atoms. The molecule has 94 valence electrons. The average Bonchev–Trinajstić information content (AvgIpc) is 2.37. The Balaban J connectivity index is 2.15. The van der Waals surface area contributed by atoms with Crippen LogP contribution in [-0.2, 0) is 6.42 Å². The number of aryl methyl sites for hydroxylation is 1. The van der Waals surface area contributed by atoms with Crippen molar-refractivity contribution in [3.05, 3.63) is 52.7 Å². The van der Waals surface area contributed by atoms with E-state index in [0.717, 1.165) is 23.3 Å². The summed E-state index contributed by atoms with van der Waals surface area (Å²) in [5, 5.41) is 0.648. The van der Waals surface area contributed by atoms with Gasteiger partial charge < -0.3 is 10.5 Å². The molecule has 18 heavy (non-hydrogen) atoms. The standard InChI is InChI=1S/C14H15ClN2O/c1-10-2-4-12(15)8-13(10)18-14-5-3-11(6-7-16)9-17-14/h2-5,8-9H,6-7,16H2,1H3. The van der Waals surface area contributed by atoms with E-state index >= 15 is 0 Å². The van der Waals surface area contributed by atoms with Crippen molar-refractivity contribution in [3.8, 4) is 11.6 Å². The van der Waals surface area contributed by atoms with E-state index in [9.17, 15) is 0 Å². The van der Waals surface area contributed by atoms with E-state index in [1.165, 1.54) is 0 Å². The lowest BCUT2D eigenvalue weighted by molar-refractivity contribution is 0.459. The fraction of sp³-hybridized carbons (Fsp3) is 0.214. The maximum atomic E-state index is 5.94. The Labute approximate surface area is 112 Å². The van der Waals surface area contributed by atoms with Crippen LogP contribution in [0.25, 0.3) is 0 Å². The van der Waals surface area contributed by atoms with E-state index < -0.39 is 0 Å². The maximum Gasteiger partial charge on any atom is 0.219 e. The van der Waals surface area contributed by atoms with Gasteiger partial charge in [0, 0.05) is 17.3 Å². The average molecular weight is 263 g/mol. The molecule has 2 aromatic rings. The van der Waals surface area contributed by atoms with Crippen molar-refractivity contribution < 1.29 is 4.74 Å². The first-order valence-electron chi connectivity index (χ1n) is 5.78. The molecule has 0 radical (unpaired) electrons. The molecule has 2 N–H and O–H groups in total. The molecule has 1 aromatic carbocycles. The zero-order valence-electron chi connectivity index (χ0n) is 10.2. The summed E-state index contributed by atoms with van der Waals surface area (Å²) in [4.78, 5) is 4.24. The van der Waals surface area contributed by atoms with Gasteiger partial charge >= 0.3 is 0 Å². The van der Waals surface area contributed by atoms with Gasteiger partial charge in [-0.05, 0) is 43.1 Å². The van der Waals surface area contributed by atoms with Crippen LogP contribution in [0.15, 0.2) is 36.5 Å². The maximum absolute atomic E-state index is 5.94. The molecule has 0 atom stereocenters. The van der Waals surface area contributed by atoms with Gasteiger partial charge in [0.25, 0.3) is 0 Å². The van der Waals surface area contributed by atoms with Crippen molar-refractivity contribution in [2.45, 2.75) is 13.3 Å². The van der Waals surface area contributed by atoms with Gasteiger partial charge in [-0.3, -0.25) is 0 Å². The third-order valence-electron chi connectivity index (χ3n) is 2.60. The summed E-state index contributed by atoms with van der Waals surface area (Å²) in [6, 6.07) is 9.34. The summed E-state index contributed by atoms with van der Waals surface area (Å²) in [7, 11) is 0. The van der Waals surface area contributed by atoms with Gasteiger partial charge in [0.15, 0.2) is 0 Å². The molecule has 0 saturated carbocycles. The lowest BCUT2D eigenvalue weighted by atomic mass is 10.2. The number of benzene rings is 1. The van der Waals surface area contributed by atoms with Crippen molar-refractivity contribution in [2.24, 2.45) is 5.73 Å². The highest BCUT2D eigenvalue weighted by Crippen LogP contribution is 2.26. The number of hydrogen-bond donors (Lipinski definition) is 1. The molecule has 3 nitrogen and oxygen atoms in total. The first-order valence-corrected chi connectivity index (χ1v) is 6.16. The molecular formula is C14H15ClN2O. The largest absolute Gasteiger partial charge is 0.439 e. The van der Waals surface area contributed by atoms with Crippen molar-refractivity contribution in [3.63, 3.8) is 0 Å². The third kappa shape index (κ3) is 3.22. The lowest BCUT2D eigenvalue weighted by Gasteiger charge is -2.08. The van der Waals surface area contributed by atoms with E-state index in [4.69, 9.17) is 22.1 Å². The summed E-state index contributed by atoms with van der Waals surface area (Å²) >= 11 is 5.94. The molecule has 0 aliphatic rings. The number of halogens is 1. The van der Waals surface area contributed by atoms with Crippen molar-refractivity contribution >= 4 is 11.6 Å². The van der Waals surface area contributed by atoms with Crippen LogP contribution in [0.4, 0.5) is 0 Å². The Morgan fingerprint density at radius 1 is 1.28 bits per heavy atom. The number of nitrogens with zero attached hydrogens (tertiary/aromatic N) is 1. The molecule has 0 fully saturated rings. The molecule has 1 heterocycles. The molecule has 0 aliphatic carbocycles. The molecule has 0 unspecified atom stereocenters. The Hall–Kier alpha value is -1.58. The van der Waals surface area contributed by atoms with Gasteiger partial charge in [0.2, 0.25) is 5.88 Å². The normalized spacial score (nSPS) is 10.4. The smallest absolute Gasteiger partial charge is 0.219 e. The molecule has 0 saturated heterocycles. The van der Waals surface area contributed by atoms with E-state index in [1.807, 2.05) is 31.2 Å². The zero-order valence-corrected chi connectivity index (χ0v) is 10.9. The number of ether oxygens (including phenoxy) is 1. The van der Waals surface area contributed by atoms with Gasteiger partial charge in [-0.2, -0.15) is 0 Å². The number of hydrogen-bond acceptors (Lipinski definition) is 3. The molecular weight excluding hydrogens is 248 g/mol. The molecule has 0 aliphatic heterocycles. The predicted octanol–water partition coefficient (Wildman–Crippen LogP) is 3.34. The van der Waals surface area contributed by atoms with Crippen molar-refractivity contribution in [2.75, 3.05) is 6.54 Å². The SMILES string of the molecule is Cc1ccc(Cl)cc1Oc1ccc(CCN)cn1. The van der Waals surface area contributed by atoms with E-state index in [1.54, 1.807) is 12.3 Å². The molecule has 1 aromatic heterocycles. The van der Waals surface area contributed by atoms with Crippen LogP contribution < -0.4 is 10.5 Å². The fourth-order valence-corrected chi connectivity index (χ4v) is 1.74. The molecule has 4 heteroatoms. The second-order valence-electron chi connectivity index (χ2n) is 4.06. The topological polar surface area (TPSA) is 48.1 Å². The molecule has 0 spiro atoms. The Bertz CT molecular complexity index is 526. The summed E-state index contributed by atoms with van der Waals surface area (Å²) in [5.74, 6) is 1.28. The third-order valence-corrected chi connectivity index (χ3v) is 2.83. The van der Waals surface area contributed by atoms with E-state index in [-0.39, 0.29) is 0 Å². The second-order valence-corrected chi connectivity index (χ2v) is 4.49. The van der Waals surface area contributed by atoms with Gasteiger partial charge in [-0.25, -0.2) is 4.98 Å². The Kier molecular flexibility index (Phi) is 4.18. The van der Waals surface area contributed by atoms with E-state index in [0.29, 0.717) is 17.4 Å². The summed E-state index contributed by atoms with van der Waals surface area (Å²) in [5.41, 5.74) is 7.61. The highest BCUT2D eigenvalue weighted by molar-refractivity contribution is 6.30. The van der Waals surface area contributed by atoms with Crippen LogP contribution in [0.3, 0.4) is 0 Å². The quantitative estimate of drug-likeness (QED) is 0.919. The predicted molar refractivity (Wildman–Crippen MR) is 73.3 cm³/mol. The van der Waals surface area contributed by atoms with Gasteiger partial charge in [-0.1, -0.05) is 23.7 Å². The summed E-state index contributed by atoms with van der Waals surface area (Å²) in [6.07, 6.45) is 2.60. The van der Waals surface area contributed by atoms with Crippen LogP contribution >= 0.6 is 11.6 Å².